The van der Waals surface area contributed by atoms with Gasteiger partial charge in [0.1, 0.15) is 5.52 Å². The quantitative estimate of drug-likeness (QED) is 0.739. The monoisotopic (exact) mass is 329 g/mol. The normalized spacial score (nSPS) is 10.9. The second kappa shape index (κ2) is 5.97. The first-order valence-electron chi connectivity index (χ1n) is 7.12. The van der Waals surface area contributed by atoms with Gasteiger partial charge in [-0.25, -0.2) is 14.2 Å². The molecule has 1 N–H and O–H groups in total. The molecule has 1 aromatic heterocycles. The first-order chi connectivity index (χ1) is 11.0. The molecule has 0 spiro atoms. The Bertz CT molecular complexity index is 907. The molecule has 3 aromatic rings. The molecule has 0 saturated carbocycles. The van der Waals surface area contributed by atoms with Crippen molar-refractivity contribution in [2.75, 3.05) is 0 Å². The van der Waals surface area contributed by atoms with Crippen LogP contribution in [0.1, 0.15) is 22.8 Å². The fourth-order valence-electron chi connectivity index (χ4n) is 2.49. The van der Waals surface area contributed by atoms with Crippen LogP contribution in [0, 0.1) is 5.82 Å². The Labute approximate surface area is 137 Å². The van der Waals surface area contributed by atoms with Crippen LogP contribution in [0.15, 0.2) is 42.5 Å². The summed E-state index contributed by atoms with van der Waals surface area (Å²) in [4.78, 5) is 15.8. The smallest absolute Gasteiger partial charge is 0.336 e. The summed E-state index contributed by atoms with van der Waals surface area (Å²) in [5.41, 5.74) is 2.29. The number of aromatic carboxylic acids is 1. The minimum absolute atomic E-state index is 0.00358. The minimum atomic E-state index is -1.15. The van der Waals surface area contributed by atoms with Gasteiger partial charge in [-0.3, -0.25) is 0 Å². The number of aromatic nitrogens is 1. The number of halogens is 2. The van der Waals surface area contributed by atoms with Gasteiger partial charge in [0.15, 0.2) is 5.82 Å². The van der Waals surface area contributed by atoms with Gasteiger partial charge in [-0.15, -0.1) is 0 Å². The lowest BCUT2D eigenvalue weighted by atomic mass is 10.0. The van der Waals surface area contributed by atoms with Crippen molar-refractivity contribution in [3.05, 3.63) is 64.4 Å². The number of carbonyl (C=O) groups is 1. The highest BCUT2D eigenvalue weighted by Crippen LogP contribution is 2.29. The van der Waals surface area contributed by atoms with Gasteiger partial charge in [0, 0.05) is 16.0 Å². The van der Waals surface area contributed by atoms with Crippen molar-refractivity contribution < 1.29 is 14.3 Å². The van der Waals surface area contributed by atoms with Crippen molar-refractivity contribution in [1.29, 1.82) is 0 Å². The Morgan fingerprint density at radius 3 is 2.52 bits per heavy atom. The third-order valence-electron chi connectivity index (χ3n) is 3.72. The Kier molecular flexibility index (Phi) is 4.01. The number of aryl methyl sites for hydroxylation is 1. The van der Waals surface area contributed by atoms with E-state index in [0.717, 1.165) is 23.6 Å². The van der Waals surface area contributed by atoms with Gasteiger partial charge in [-0.1, -0.05) is 42.8 Å². The summed E-state index contributed by atoms with van der Waals surface area (Å²) in [5, 5.41) is 9.75. The van der Waals surface area contributed by atoms with Gasteiger partial charge >= 0.3 is 5.97 Å². The second-order valence-corrected chi connectivity index (χ2v) is 5.63. The maximum Gasteiger partial charge on any atom is 0.336 e. The molecular weight excluding hydrogens is 317 g/mol. The first kappa shape index (κ1) is 15.4. The third-order valence-corrected chi connectivity index (χ3v) is 3.94. The summed E-state index contributed by atoms with van der Waals surface area (Å²) < 4.78 is 14.2. The predicted octanol–water partition coefficient (Wildman–Crippen LogP) is 4.95. The molecule has 5 heteroatoms. The zero-order chi connectivity index (χ0) is 16.6. The number of pyridine rings is 1. The molecule has 23 heavy (non-hydrogen) atoms. The van der Waals surface area contributed by atoms with E-state index >= 15 is 0 Å². The Balaban J connectivity index is 2.27. The maximum absolute atomic E-state index is 14.2. The van der Waals surface area contributed by atoms with Crippen molar-refractivity contribution in [3.63, 3.8) is 0 Å². The Morgan fingerprint density at radius 1 is 1.22 bits per heavy atom. The summed E-state index contributed by atoms with van der Waals surface area (Å²) in [7, 11) is 0. The molecule has 0 bridgehead atoms. The maximum atomic E-state index is 14.2. The van der Waals surface area contributed by atoms with Gasteiger partial charge in [0.2, 0.25) is 0 Å². The predicted molar refractivity (Wildman–Crippen MR) is 88.5 cm³/mol. The summed E-state index contributed by atoms with van der Waals surface area (Å²) in [6, 6.07) is 11.6. The van der Waals surface area contributed by atoms with Crippen LogP contribution in [0.4, 0.5) is 4.39 Å². The topological polar surface area (TPSA) is 50.2 Å². The van der Waals surface area contributed by atoms with Gasteiger partial charge in [0.05, 0.1) is 11.3 Å². The van der Waals surface area contributed by atoms with Crippen molar-refractivity contribution in [3.8, 4) is 11.3 Å². The summed E-state index contributed by atoms with van der Waals surface area (Å²) in [5.74, 6) is -1.78. The molecule has 0 unspecified atom stereocenters. The molecule has 1 heterocycles. The summed E-state index contributed by atoms with van der Waals surface area (Å²) >= 11 is 5.83. The highest BCUT2D eigenvalue weighted by atomic mass is 35.5. The molecule has 3 rings (SSSR count). The van der Waals surface area contributed by atoms with E-state index in [-0.39, 0.29) is 21.5 Å². The highest BCUT2D eigenvalue weighted by Gasteiger charge is 2.16. The number of hydrogen-bond acceptors (Lipinski definition) is 2. The number of hydrogen-bond donors (Lipinski definition) is 1. The van der Waals surface area contributed by atoms with Crippen LogP contribution >= 0.6 is 11.6 Å². The van der Waals surface area contributed by atoms with E-state index in [1.165, 1.54) is 12.1 Å². The number of carboxylic acid groups (broad SMARTS) is 1. The minimum Gasteiger partial charge on any atom is -0.478 e. The standard InChI is InChI=1S/C18H13ClFNO2/c1-2-10-3-5-11(6-4-10)16-9-14(18(22)23)13-7-12(19)8-15(20)17(13)21-16/h3-9H,2H2,1H3,(H,22,23). The molecule has 0 aliphatic heterocycles. The molecule has 3 nitrogen and oxygen atoms in total. The van der Waals surface area contributed by atoms with E-state index in [2.05, 4.69) is 4.98 Å². The van der Waals surface area contributed by atoms with Crippen molar-refractivity contribution in [2.45, 2.75) is 13.3 Å². The van der Waals surface area contributed by atoms with Crippen LogP contribution in [0.2, 0.25) is 5.02 Å². The van der Waals surface area contributed by atoms with Crippen LogP contribution in [-0.4, -0.2) is 16.1 Å². The van der Waals surface area contributed by atoms with E-state index in [4.69, 9.17) is 11.6 Å². The molecule has 0 saturated heterocycles. The van der Waals surface area contributed by atoms with Crippen molar-refractivity contribution in [1.82, 2.24) is 4.98 Å². The SMILES string of the molecule is CCc1ccc(-c2cc(C(=O)O)c3cc(Cl)cc(F)c3n2)cc1. The van der Waals surface area contributed by atoms with Gasteiger partial charge in [-0.2, -0.15) is 0 Å². The van der Waals surface area contributed by atoms with E-state index in [0.29, 0.717) is 5.69 Å². The average molecular weight is 330 g/mol. The number of carboxylic acids is 1. The first-order valence-corrected chi connectivity index (χ1v) is 7.49. The second-order valence-electron chi connectivity index (χ2n) is 5.19. The Morgan fingerprint density at radius 2 is 1.91 bits per heavy atom. The third kappa shape index (κ3) is 2.90. The van der Waals surface area contributed by atoms with E-state index in [1.807, 2.05) is 31.2 Å². The highest BCUT2D eigenvalue weighted by molar-refractivity contribution is 6.31. The fourth-order valence-corrected chi connectivity index (χ4v) is 2.69. The van der Waals surface area contributed by atoms with Gasteiger partial charge in [0.25, 0.3) is 0 Å². The van der Waals surface area contributed by atoms with Crippen LogP contribution < -0.4 is 0 Å². The molecular formula is C18H13ClFNO2. The zero-order valence-electron chi connectivity index (χ0n) is 12.3. The van der Waals surface area contributed by atoms with Crippen LogP contribution in [-0.2, 0) is 6.42 Å². The van der Waals surface area contributed by atoms with Crippen LogP contribution in [0.5, 0.6) is 0 Å². The fraction of sp³-hybridized carbons (Fsp3) is 0.111. The number of nitrogens with zero attached hydrogens (tertiary/aromatic N) is 1. The molecule has 2 aromatic carbocycles. The molecule has 0 radical (unpaired) electrons. The van der Waals surface area contributed by atoms with Crippen molar-refractivity contribution in [2.24, 2.45) is 0 Å². The van der Waals surface area contributed by atoms with Gasteiger partial charge in [-0.05, 0) is 30.2 Å². The summed E-state index contributed by atoms with van der Waals surface area (Å²) in [6.07, 6.45) is 0.902. The van der Waals surface area contributed by atoms with Gasteiger partial charge < -0.3 is 5.11 Å². The van der Waals surface area contributed by atoms with E-state index in [1.54, 1.807) is 0 Å². The lowest BCUT2D eigenvalue weighted by Crippen LogP contribution is -2.01. The van der Waals surface area contributed by atoms with E-state index in [9.17, 15) is 14.3 Å². The molecule has 116 valence electrons. The lowest BCUT2D eigenvalue weighted by Gasteiger charge is -2.09. The lowest BCUT2D eigenvalue weighted by molar-refractivity contribution is 0.0699. The molecule has 0 aliphatic rings. The molecule has 0 amide bonds. The zero-order valence-corrected chi connectivity index (χ0v) is 13.1. The largest absolute Gasteiger partial charge is 0.478 e. The Hall–Kier alpha value is -2.46. The van der Waals surface area contributed by atoms with Crippen LogP contribution in [0.3, 0.4) is 0 Å². The number of benzene rings is 2. The van der Waals surface area contributed by atoms with Crippen molar-refractivity contribution >= 4 is 28.5 Å². The number of fused-ring (bicyclic) bond motifs is 1. The van der Waals surface area contributed by atoms with Crippen LogP contribution in [0.25, 0.3) is 22.2 Å². The summed E-state index contributed by atoms with van der Waals surface area (Å²) in [6.45, 7) is 2.05. The molecule has 0 aliphatic carbocycles. The molecule has 0 fully saturated rings. The number of rotatable bonds is 3. The van der Waals surface area contributed by atoms with E-state index < -0.39 is 11.8 Å². The molecule has 0 atom stereocenters. The average Bonchev–Trinajstić information content (AvgIpc) is 2.54.